The van der Waals surface area contributed by atoms with Crippen LogP contribution in [0.25, 0.3) is 0 Å². The first-order valence-electron chi connectivity index (χ1n) is 5.00. The maximum Gasteiger partial charge on any atom is 0.244 e. The molecule has 2 rings (SSSR count). The lowest BCUT2D eigenvalue weighted by Gasteiger charge is -2.15. The summed E-state index contributed by atoms with van der Waals surface area (Å²) in [5.41, 5.74) is 2.06. The van der Waals surface area contributed by atoms with E-state index in [1.165, 1.54) is 5.56 Å². The second-order valence-corrected chi connectivity index (χ2v) is 3.80. The summed E-state index contributed by atoms with van der Waals surface area (Å²) in [6.07, 6.45) is 0.642. The largest absolute Gasteiger partial charge is 0.311 e. The van der Waals surface area contributed by atoms with Crippen molar-refractivity contribution in [2.24, 2.45) is 5.92 Å². The summed E-state index contributed by atoms with van der Waals surface area (Å²) in [6.45, 7) is 2.66. The fourth-order valence-electron chi connectivity index (χ4n) is 1.78. The molecule has 0 N–H and O–H groups in total. The van der Waals surface area contributed by atoms with Gasteiger partial charge in [0.05, 0.1) is 6.07 Å². The van der Waals surface area contributed by atoms with E-state index in [-0.39, 0.29) is 5.91 Å². The molecule has 1 aliphatic rings. The first kappa shape index (κ1) is 9.72. The monoisotopic (exact) mass is 200 g/mol. The minimum Gasteiger partial charge on any atom is -0.311 e. The fourth-order valence-corrected chi connectivity index (χ4v) is 1.78. The zero-order valence-corrected chi connectivity index (χ0v) is 8.60. The maximum absolute atomic E-state index is 11.7. The van der Waals surface area contributed by atoms with Crippen LogP contribution in [0.4, 0.5) is 5.69 Å². The summed E-state index contributed by atoms with van der Waals surface area (Å²) in [7, 11) is 0. The van der Waals surface area contributed by atoms with Gasteiger partial charge < -0.3 is 4.90 Å². The molecule has 1 amide bonds. The predicted molar refractivity (Wildman–Crippen MR) is 57.3 cm³/mol. The van der Waals surface area contributed by atoms with Crippen molar-refractivity contribution in [3.63, 3.8) is 0 Å². The quantitative estimate of drug-likeness (QED) is 0.694. The zero-order valence-electron chi connectivity index (χ0n) is 8.60. The van der Waals surface area contributed by atoms with Gasteiger partial charge >= 0.3 is 0 Å². The lowest BCUT2D eigenvalue weighted by Crippen LogP contribution is -2.26. The van der Waals surface area contributed by atoms with Crippen LogP contribution in [-0.2, 0) is 4.79 Å². The maximum atomic E-state index is 11.7. The molecule has 15 heavy (non-hydrogen) atoms. The van der Waals surface area contributed by atoms with Gasteiger partial charge in [-0.15, -0.1) is 0 Å². The van der Waals surface area contributed by atoms with E-state index in [2.05, 4.69) is 0 Å². The van der Waals surface area contributed by atoms with Gasteiger partial charge in [-0.05, 0) is 25.5 Å². The van der Waals surface area contributed by atoms with Crippen molar-refractivity contribution in [3.05, 3.63) is 29.8 Å². The Hall–Kier alpha value is -1.82. The van der Waals surface area contributed by atoms with Crippen LogP contribution in [0.5, 0.6) is 0 Å². The van der Waals surface area contributed by atoms with Gasteiger partial charge in [0.1, 0.15) is 5.92 Å². The standard InChI is InChI=1S/C12H12N2O/c1-9-2-4-11(5-3-9)14-7-6-10(8-13)12(14)15/h2-5,10H,6-7H2,1H3. The highest BCUT2D eigenvalue weighted by molar-refractivity contribution is 5.98. The molecule has 1 aromatic carbocycles. The molecular formula is C12H12N2O. The van der Waals surface area contributed by atoms with Gasteiger partial charge in [-0.1, -0.05) is 17.7 Å². The third-order valence-corrected chi connectivity index (χ3v) is 2.71. The molecule has 1 unspecified atom stereocenters. The van der Waals surface area contributed by atoms with Crippen LogP contribution in [0.15, 0.2) is 24.3 Å². The number of rotatable bonds is 1. The van der Waals surface area contributed by atoms with Crippen molar-refractivity contribution in [1.29, 1.82) is 5.26 Å². The summed E-state index contributed by atoms with van der Waals surface area (Å²) in [6, 6.07) is 9.83. The molecule has 0 saturated carbocycles. The highest BCUT2D eigenvalue weighted by Crippen LogP contribution is 2.24. The zero-order chi connectivity index (χ0) is 10.8. The van der Waals surface area contributed by atoms with Crippen molar-refractivity contribution >= 4 is 11.6 Å². The highest BCUT2D eigenvalue weighted by Gasteiger charge is 2.32. The van der Waals surface area contributed by atoms with Crippen LogP contribution in [0, 0.1) is 24.2 Å². The number of nitrogens with zero attached hydrogens (tertiary/aromatic N) is 2. The molecule has 3 nitrogen and oxygen atoms in total. The number of anilines is 1. The second-order valence-electron chi connectivity index (χ2n) is 3.80. The third-order valence-electron chi connectivity index (χ3n) is 2.71. The van der Waals surface area contributed by atoms with Crippen molar-refractivity contribution in [3.8, 4) is 6.07 Å². The topological polar surface area (TPSA) is 44.1 Å². The number of benzene rings is 1. The van der Waals surface area contributed by atoms with E-state index in [1.807, 2.05) is 37.3 Å². The highest BCUT2D eigenvalue weighted by atomic mass is 16.2. The first-order valence-corrected chi connectivity index (χ1v) is 5.00. The summed E-state index contributed by atoms with van der Waals surface area (Å²) < 4.78 is 0. The van der Waals surface area contributed by atoms with Crippen molar-refractivity contribution in [1.82, 2.24) is 0 Å². The van der Waals surface area contributed by atoms with Gasteiger partial charge in [0.2, 0.25) is 5.91 Å². The molecule has 0 radical (unpaired) electrons. The van der Waals surface area contributed by atoms with Crippen LogP contribution < -0.4 is 4.90 Å². The van der Waals surface area contributed by atoms with Gasteiger partial charge in [0, 0.05) is 12.2 Å². The van der Waals surface area contributed by atoms with Crippen molar-refractivity contribution < 1.29 is 4.79 Å². The Morgan fingerprint density at radius 1 is 1.40 bits per heavy atom. The Kier molecular flexibility index (Phi) is 2.42. The lowest BCUT2D eigenvalue weighted by atomic mass is 10.1. The molecule has 1 fully saturated rings. The average molecular weight is 200 g/mol. The number of hydrogen-bond acceptors (Lipinski definition) is 2. The smallest absolute Gasteiger partial charge is 0.244 e. The summed E-state index contributed by atoms with van der Waals surface area (Å²) in [5.74, 6) is -0.521. The lowest BCUT2D eigenvalue weighted by molar-refractivity contribution is -0.118. The Bertz CT molecular complexity index is 416. The van der Waals surface area contributed by atoms with E-state index < -0.39 is 5.92 Å². The van der Waals surface area contributed by atoms with Crippen LogP contribution in [-0.4, -0.2) is 12.5 Å². The Balaban J connectivity index is 2.23. The Morgan fingerprint density at radius 3 is 2.60 bits per heavy atom. The van der Waals surface area contributed by atoms with E-state index in [9.17, 15) is 4.79 Å². The number of hydrogen-bond donors (Lipinski definition) is 0. The molecule has 1 heterocycles. The molecule has 0 aromatic heterocycles. The molecule has 0 bridgehead atoms. The van der Waals surface area contributed by atoms with E-state index in [0.29, 0.717) is 13.0 Å². The number of aryl methyl sites for hydroxylation is 1. The number of amides is 1. The molecule has 3 heteroatoms. The molecule has 0 spiro atoms. The second kappa shape index (κ2) is 3.74. The third kappa shape index (κ3) is 1.71. The minimum atomic E-state index is -0.452. The molecule has 1 atom stereocenters. The van der Waals surface area contributed by atoms with Crippen molar-refractivity contribution in [2.75, 3.05) is 11.4 Å². The van der Waals surface area contributed by atoms with Crippen LogP contribution >= 0.6 is 0 Å². The number of carbonyl (C=O) groups is 1. The first-order chi connectivity index (χ1) is 7.22. The molecule has 1 aliphatic heterocycles. The van der Waals surface area contributed by atoms with Gasteiger partial charge in [0.25, 0.3) is 0 Å². The summed E-state index contributed by atoms with van der Waals surface area (Å²) in [5, 5.41) is 8.75. The van der Waals surface area contributed by atoms with Crippen molar-refractivity contribution in [2.45, 2.75) is 13.3 Å². The van der Waals surface area contributed by atoms with E-state index in [4.69, 9.17) is 5.26 Å². The molecule has 1 saturated heterocycles. The molecule has 1 aromatic rings. The Labute approximate surface area is 88.9 Å². The van der Waals surface area contributed by atoms with E-state index in [1.54, 1.807) is 4.90 Å². The normalized spacial score (nSPS) is 20.4. The fraction of sp³-hybridized carbons (Fsp3) is 0.333. The Morgan fingerprint density at radius 2 is 2.07 bits per heavy atom. The molecular weight excluding hydrogens is 188 g/mol. The van der Waals surface area contributed by atoms with Gasteiger partial charge in [-0.2, -0.15) is 5.26 Å². The molecule has 76 valence electrons. The number of carbonyl (C=O) groups excluding carboxylic acids is 1. The van der Waals surface area contributed by atoms with Gasteiger partial charge in [-0.3, -0.25) is 4.79 Å². The van der Waals surface area contributed by atoms with E-state index in [0.717, 1.165) is 5.69 Å². The average Bonchev–Trinajstić information content (AvgIpc) is 2.61. The SMILES string of the molecule is Cc1ccc(N2CCC(C#N)C2=O)cc1. The minimum absolute atomic E-state index is 0.0682. The van der Waals surface area contributed by atoms with E-state index >= 15 is 0 Å². The number of nitriles is 1. The summed E-state index contributed by atoms with van der Waals surface area (Å²) in [4.78, 5) is 13.4. The van der Waals surface area contributed by atoms with Crippen LogP contribution in [0.1, 0.15) is 12.0 Å². The molecule has 0 aliphatic carbocycles. The van der Waals surface area contributed by atoms with Crippen LogP contribution in [0.3, 0.4) is 0 Å². The van der Waals surface area contributed by atoms with Gasteiger partial charge in [0.15, 0.2) is 0 Å². The summed E-state index contributed by atoms with van der Waals surface area (Å²) >= 11 is 0. The van der Waals surface area contributed by atoms with Crippen LogP contribution in [0.2, 0.25) is 0 Å². The van der Waals surface area contributed by atoms with Gasteiger partial charge in [-0.25, -0.2) is 0 Å². The predicted octanol–water partition coefficient (Wildman–Crippen LogP) is 1.87.